The Morgan fingerprint density at radius 3 is 2.64 bits per heavy atom. The van der Waals surface area contributed by atoms with Gasteiger partial charge in [0.1, 0.15) is 6.61 Å². The molecule has 0 aliphatic heterocycles. The van der Waals surface area contributed by atoms with Crippen LogP contribution in [0.15, 0.2) is 35.7 Å². The molecule has 0 aliphatic rings. The van der Waals surface area contributed by atoms with Crippen molar-refractivity contribution in [1.29, 1.82) is 0 Å². The Bertz CT molecular complexity index is 614. The molecule has 1 aromatic carbocycles. The van der Waals surface area contributed by atoms with Crippen molar-refractivity contribution in [3.8, 4) is 0 Å². The lowest BCUT2D eigenvalue weighted by Crippen LogP contribution is -2.26. The van der Waals surface area contributed by atoms with Crippen molar-refractivity contribution < 1.29 is 22.7 Å². The van der Waals surface area contributed by atoms with Gasteiger partial charge in [0.05, 0.1) is 5.01 Å². The number of carbonyl (C=O) groups is 1. The number of aromatic nitrogens is 1. The number of rotatable bonds is 5. The van der Waals surface area contributed by atoms with Gasteiger partial charge in [-0.25, -0.2) is 9.78 Å². The second-order valence-electron chi connectivity index (χ2n) is 4.36. The van der Waals surface area contributed by atoms with E-state index in [1.165, 1.54) is 0 Å². The molecule has 1 N–H and O–H groups in total. The van der Waals surface area contributed by atoms with Gasteiger partial charge in [-0.3, -0.25) is 0 Å². The first kappa shape index (κ1) is 16.3. The Labute approximate surface area is 128 Å². The standard InChI is InChI=1S/C14H13F3N2O2S/c15-14(16,17)11-9-22-12(19-11)6-7-18-13(20)21-8-10-4-2-1-3-5-10/h1-5,9H,6-8H2,(H,18,20). The number of ether oxygens (including phenoxy) is 1. The molecule has 1 heterocycles. The van der Waals surface area contributed by atoms with Crippen LogP contribution in [0.3, 0.4) is 0 Å². The second kappa shape index (κ2) is 7.26. The number of nitrogens with one attached hydrogen (secondary N) is 1. The quantitative estimate of drug-likeness (QED) is 0.911. The Balaban J connectivity index is 1.70. The van der Waals surface area contributed by atoms with Crippen LogP contribution in [-0.2, 0) is 23.9 Å². The Hall–Kier alpha value is -2.09. The molecule has 0 radical (unpaired) electrons. The molecular formula is C14H13F3N2O2S. The molecule has 0 bridgehead atoms. The van der Waals surface area contributed by atoms with Crippen LogP contribution in [0.5, 0.6) is 0 Å². The number of nitrogens with zero attached hydrogens (tertiary/aromatic N) is 1. The molecule has 22 heavy (non-hydrogen) atoms. The Kier molecular flexibility index (Phi) is 5.37. The molecule has 118 valence electrons. The SMILES string of the molecule is O=C(NCCc1nc(C(F)(F)F)cs1)OCc1ccccc1. The zero-order chi connectivity index (χ0) is 16.0. The van der Waals surface area contributed by atoms with E-state index >= 15 is 0 Å². The maximum Gasteiger partial charge on any atom is 0.434 e. The van der Waals surface area contributed by atoms with Gasteiger partial charge in [0.15, 0.2) is 5.69 Å². The molecule has 0 spiro atoms. The fraction of sp³-hybridized carbons (Fsp3) is 0.286. The van der Waals surface area contributed by atoms with E-state index in [2.05, 4.69) is 10.3 Å². The van der Waals surface area contributed by atoms with Crippen LogP contribution in [0.25, 0.3) is 0 Å². The molecule has 0 unspecified atom stereocenters. The van der Waals surface area contributed by atoms with Crippen LogP contribution in [0.4, 0.5) is 18.0 Å². The van der Waals surface area contributed by atoms with Gasteiger partial charge in [-0.15, -0.1) is 11.3 Å². The van der Waals surface area contributed by atoms with E-state index in [0.29, 0.717) is 5.01 Å². The zero-order valence-corrected chi connectivity index (χ0v) is 12.2. The first-order valence-corrected chi connectivity index (χ1v) is 7.29. The lowest BCUT2D eigenvalue weighted by Gasteiger charge is -2.06. The van der Waals surface area contributed by atoms with Crippen LogP contribution >= 0.6 is 11.3 Å². The van der Waals surface area contributed by atoms with Gasteiger partial charge in [0.25, 0.3) is 0 Å². The van der Waals surface area contributed by atoms with E-state index in [9.17, 15) is 18.0 Å². The molecule has 0 atom stereocenters. The van der Waals surface area contributed by atoms with Crippen molar-refractivity contribution in [3.05, 3.63) is 52.0 Å². The number of alkyl halides is 3. The van der Waals surface area contributed by atoms with Gasteiger partial charge in [-0.2, -0.15) is 13.2 Å². The van der Waals surface area contributed by atoms with Gasteiger partial charge in [0.2, 0.25) is 0 Å². The summed E-state index contributed by atoms with van der Waals surface area (Å²) in [6.45, 7) is 0.306. The molecule has 0 aliphatic carbocycles. The third-order valence-electron chi connectivity index (χ3n) is 2.66. The van der Waals surface area contributed by atoms with Gasteiger partial charge < -0.3 is 10.1 Å². The van der Waals surface area contributed by atoms with E-state index < -0.39 is 18.0 Å². The van der Waals surface area contributed by atoms with Crippen molar-refractivity contribution in [2.45, 2.75) is 19.2 Å². The zero-order valence-electron chi connectivity index (χ0n) is 11.4. The highest BCUT2D eigenvalue weighted by molar-refractivity contribution is 7.09. The summed E-state index contributed by atoms with van der Waals surface area (Å²) in [7, 11) is 0. The van der Waals surface area contributed by atoms with Crippen molar-refractivity contribution in [2.24, 2.45) is 0 Å². The lowest BCUT2D eigenvalue weighted by molar-refractivity contribution is -0.140. The number of carbonyl (C=O) groups excluding carboxylic acids is 1. The van der Waals surface area contributed by atoms with E-state index in [4.69, 9.17) is 4.74 Å². The third-order valence-corrected chi connectivity index (χ3v) is 3.57. The minimum absolute atomic E-state index is 0.141. The number of halogens is 3. The number of hydrogen-bond donors (Lipinski definition) is 1. The fourth-order valence-corrected chi connectivity index (χ4v) is 2.41. The molecule has 0 saturated heterocycles. The Morgan fingerprint density at radius 2 is 2.00 bits per heavy atom. The van der Waals surface area contributed by atoms with E-state index in [1.54, 1.807) is 0 Å². The summed E-state index contributed by atoms with van der Waals surface area (Å²) in [4.78, 5) is 14.9. The Morgan fingerprint density at radius 1 is 1.27 bits per heavy atom. The summed E-state index contributed by atoms with van der Waals surface area (Å²) < 4.78 is 42.1. The number of alkyl carbamates (subject to hydrolysis) is 1. The summed E-state index contributed by atoms with van der Waals surface area (Å²) >= 11 is 0.915. The average molecular weight is 330 g/mol. The average Bonchev–Trinajstić information content (AvgIpc) is 2.95. The maximum atomic E-state index is 12.4. The van der Waals surface area contributed by atoms with Gasteiger partial charge in [-0.05, 0) is 5.56 Å². The van der Waals surface area contributed by atoms with Crippen molar-refractivity contribution in [1.82, 2.24) is 10.3 Å². The smallest absolute Gasteiger partial charge is 0.434 e. The highest BCUT2D eigenvalue weighted by atomic mass is 32.1. The largest absolute Gasteiger partial charge is 0.445 e. The molecule has 2 aromatic rings. The van der Waals surface area contributed by atoms with Crippen LogP contribution in [0.2, 0.25) is 0 Å². The topological polar surface area (TPSA) is 51.2 Å². The van der Waals surface area contributed by atoms with E-state index in [0.717, 1.165) is 22.3 Å². The molecule has 1 amide bonds. The number of benzene rings is 1. The molecular weight excluding hydrogens is 317 g/mol. The molecule has 1 aromatic heterocycles. The minimum Gasteiger partial charge on any atom is -0.445 e. The lowest BCUT2D eigenvalue weighted by atomic mass is 10.2. The van der Waals surface area contributed by atoms with Gasteiger partial charge in [-0.1, -0.05) is 30.3 Å². The molecule has 0 saturated carbocycles. The van der Waals surface area contributed by atoms with Crippen molar-refractivity contribution in [2.75, 3.05) is 6.54 Å². The minimum atomic E-state index is -4.43. The predicted molar refractivity (Wildman–Crippen MR) is 75.4 cm³/mol. The molecule has 8 heteroatoms. The fourth-order valence-electron chi connectivity index (χ4n) is 1.60. The highest BCUT2D eigenvalue weighted by Gasteiger charge is 2.33. The van der Waals surface area contributed by atoms with Gasteiger partial charge in [0, 0.05) is 18.3 Å². The predicted octanol–water partition coefficient (Wildman–Crippen LogP) is 3.63. The third kappa shape index (κ3) is 5.03. The van der Waals surface area contributed by atoms with Crippen LogP contribution < -0.4 is 5.32 Å². The summed E-state index contributed by atoms with van der Waals surface area (Å²) in [6.07, 6.45) is -4.82. The van der Waals surface area contributed by atoms with E-state index in [-0.39, 0.29) is 19.6 Å². The van der Waals surface area contributed by atoms with Gasteiger partial charge >= 0.3 is 12.3 Å². The highest BCUT2D eigenvalue weighted by Crippen LogP contribution is 2.29. The maximum absolute atomic E-state index is 12.4. The van der Waals surface area contributed by atoms with Crippen molar-refractivity contribution in [3.63, 3.8) is 0 Å². The van der Waals surface area contributed by atoms with Crippen LogP contribution in [-0.4, -0.2) is 17.6 Å². The second-order valence-corrected chi connectivity index (χ2v) is 5.31. The summed E-state index contributed by atoms with van der Waals surface area (Å²) in [6, 6.07) is 9.16. The van der Waals surface area contributed by atoms with Crippen LogP contribution in [0.1, 0.15) is 16.3 Å². The molecule has 2 rings (SSSR count). The number of thiazole rings is 1. The number of hydrogen-bond acceptors (Lipinski definition) is 4. The number of amides is 1. The van der Waals surface area contributed by atoms with Crippen molar-refractivity contribution >= 4 is 17.4 Å². The summed E-state index contributed by atoms with van der Waals surface area (Å²) in [5.41, 5.74) is -0.0495. The monoisotopic (exact) mass is 330 g/mol. The van der Waals surface area contributed by atoms with E-state index in [1.807, 2.05) is 30.3 Å². The molecule has 0 fully saturated rings. The summed E-state index contributed by atoms with van der Waals surface area (Å²) in [5, 5.41) is 3.75. The first-order valence-electron chi connectivity index (χ1n) is 6.41. The molecule has 4 nitrogen and oxygen atoms in total. The normalized spacial score (nSPS) is 11.2. The van der Waals surface area contributed by atoms with Crippen LogP contribution in [0, 0.1) is 0 Å². The first-order chi connectivity index (χ1) is 10.4. The summed E-state index contributed by atoms with van der Waals surface area (Å²) in [5.74, 6) is 0.